The monoisotopic (exact) mass is 377 g/mol. The molecular formula is C17H13FIN. The predicted octanol–water partition coefficient (Wildman–Crippen LogP) is 5.20. The maximum absolute atomic E-state index is 13.1. The van der Waals surface area contributed by atoms with Crippen LogP contribution in [-0.4, -0.2) is 0 Å². The molecule has 0 fully saturated rings. The highest BCUT2D eigenvalue weighted by molar-refractivity contribution is 14.1. The summed E-state index contributed by atoms with van der Waals surface area (Å²) in [6.45, 7) is 0.725. The summed E-state index contributed by atoms with van der Waals surface area (Å²) < 4.78 is 14.0. The van der Waals surface area contributed by atoms with Crippen LogP contribution in [0.15, 0.2) is 60.7 Å². The van der Waals surface area contributed by atoms with E-state index in [1.54, 1.807) is 6.07 Å². The van der Waals surface area contributed by atoms with Gasteiger partial charge in [-0.1, -0.05) is 42.5 Å². The molecule has 20 heavy (non-hydrogen) atoms. The highest BCUT2D eigenvalue weighted by Gasteiger charge is 2.03. The summed E-state index contributed by atoms with van der Waals surface area (Å²) in [5, 5.41) is 5.86. The first-order chi connectivity index (χ1) is 9.74. The summed E-state index contributed by atoms with van der Waals surface area (Å²) in [4.78, 5) is 0. The smallest absolute Gasteiger partial charge is 0.124 e. The maximum atomic E-state index is 13.1. The average Bonchev–Trinajstić information content (AvgIpc) is 2.46. The lowest BCUT2D eigenvalue weighted by molar-refractivity contribution is 0.627. The van der Waals surface area contributed by atoms with Gasteiger partial charge in [0.05, 0.1) is 0 Å². The molecule has 0 aliphatic carbocycles. The predicted molar refractivity (Wildman–Crippen MR) is 90.4 cm³/mol. The molecule has 0 saturated carbocycles. The van der Waals surface area contributed by atoms with Gasteiger partial charge in [0.25, 0.3) is 0 Å². The van der Waals surface area contributed by atoms with Crippen LogP contribution in [-0.2, 0) is 6.54 Å². The molecular weight excluding hydrogens is 364 g/mol. The molecule has 0 heterocycles. The summed E-state index contributed by atoms with van der Waals surface area (Å²) >= 11 is 2.14. The lowest BCUT2D eigenvalue weighted by Crippen LogP contribution is -2.01. The Kier molecular flexibility index (Phi) is 3.87. The van der Waals surface area contributed by atoms with E-state index in [9.17, 15) is 4.39 Å². The second kappa shape index (κ2) is 5.79. The van der Waals surface area contributed by atoms with Crippen molar-refractivity contribution < 1.29 is 4.39 Å². The highest BCUT2D eigenvalue weighted by Crippen LogP contribution is 2.22. The van der Waals surface area contributed by atoms with Crippen LogP contribution in [0.1, 0.15) is 5.56 Å². The van der Waals surface area contributed by atoms with E-state index in [4.69, 9.17) is 0 Å². The van der Waals surface area contributed by atoms with E-state index in [1.807, 2.05) is 12.1 Å². The number of benzene rings is 3. The van der Waals surface area contributed by atoms with Crippen molar-refractivity contribution in [2.24, 2.45) is 0 Å². The zero-order valence-electron chi connectivity index (χ0n) is 10.7. The fraction of sp³-hybridized carbons (Fsp3) is 0.0588. The number of nitrogens with one attached hydrogen (secondary N) is 1. The van der Waals surface area contributed by atoms with E-state index in [1.165, 1.54) is 28.5 Å². The molecule has 100 valence electrons. The third-order valence-corrected chi connectivity index (χ3v) is 4.17. The van der Waals surface area contributed by atoms with Crippen molar-refractivity contribution in [2.45, 2.75) is 6.54 Å². The van der Waals surface area contributed by atoms with Crippen molar-refractivity contribution in [1.82, 2.24) is 0 Å². The Morgan fingerprint density at radius 1 is 0.950 bits per heavy atom. The first kappa shape index (κ1) is 13.4. The van der Waals surface area contributed by atoms with Crippen LogP contribution in [0.25, 0.3) is 10.8 Å². The van der Waals surface area contributed by atoms with E-state index in [0.29, 0.717) is 0 Å². The quantitative estimate of drug-likeness (QED) is 0.619. The fourth-order valence-corrected chi connectivity index (χ4v) is 2.94. The molecule has 3 aromatic carbocycles. The van der Waals surface area contributed by atoms with Gasteiger partial charge in [-0.05, 0) is 57.1 Å². The van der Waals surface area contributed by atoms with E-state index >= 15 is 0 Å². The Balaban J connectivity index is 1.87. The van der Waals surface area contributed by atoms with E-state index in [0.717, 1.165) is 15.8 Å². The van der Waals surface area contributed by atoms with Crippen LogP contribution in [0.4, 0.5) is 10.1 Å². The van der Waals surface area contributed by atoms with Crippen LogP contribution in [0.2, 0.25) is 0 Å². The Hall–Kier alpha value is -1.62. The van der Waals surface area contributed by atoms with E-state index in [2.05, 4.69) is 58.2 Å². The molecule has 0 aromatic heterocycles. The van der Waals surface area contributed by atoms with Gasteiger partial charge in [-0.25, -0.2) is 4.39 Å². The lowest BCUT2D eigenvalue weighted by atomic mass is 10.0. The van der Waals surface area contributed by atoms with Gasteiger partial charge in [-0.15, -0.1) is 0 Å². The minimum Gasteiger partial charge on any atom is -0.380 e. The van der Waals surface area contributed by atoms with Crippen molar-refractivity contribution in [3.63, 3.8) is 0 Å². The van der Waals surface area contributed by atoms with Gasteiger partial charge in [0.15, 0.2) is 0 Å². The number of halogens is 2. The minimum absolute atomic E-state index is 0.204. The number of fused-ring (bicyclic) bond motifs is 1. The van der Waals surface area contributed by atoms with Gasteiger partial charge in [-0.2, -0.15) is 0 Å². The Labute approximate surface area is 131 Å². The number of hydrogen-bond acceptors (Lipinski definition) is 1. The van der Waals surface area contributed by atoms with Crippen LogP contribution in [0.5, 0.6) is 0 Å². The van der Waals surface area contributed by atoms with Gasteiger partial charge in [0, 0.05) is 15.8 Å². The first-order valence-electron chi connectivity index (χ1n) is 6.39. The third kappa shape index (κ3) is 2.77. The second-order valence-electron chi connectivity index (χ2n) is 4.62. The van der Waals surface area contributed by atoms with Crippen LogP contribution in [0, 0.1) is 9.39 Å². The van der Waals surface area contributed by atoms with Gasteiger partial charge in [0.1, 0.15) is 5.82 Å². The summed E-state index contributed by atoms with van der Waals surface area (Å²) in [5.74, 6) is -0.204. The normalized spacial score (nSPS) is 10.7. The van der Waals surface area contributed by atoms with Crippen molar-refractivity contribution in [3.05, 3.63) is 75.6 Å². The number of hydrogen-bond donors (Lipinski definition) is 1. The minimum atomic E-state index is -0.204. The fourth-order valence-electron chi connectivity index (χ4n) is 2.27. The largest absolute Gasteiger partial charge is 0.380 e. The molecule has 0 amide bonds. The molecule has 0 radical (unpaired) electrons. The van der Waals surface area contributed by atoms with Crippen LogP contribution < -0.4 is 5.32 Å². The summed E-state index contributed by atoms with van der Waals surface area (Å²) in [6, 6.07) is 19.4. The van der Waals surface area contributed by atoms with Crippen molar-refractivity contribution in [1.29, 1.82) is 0 Å². The Morgan fingerprint density at radius 2 is 1.75 bits per heavy atom. The average molecular weight is 377 g/mol. The van der Waals surface area contributed by atoms with Gasteiger partial charge >= 0.3 is 0 Å². The molecule has 0 saturated heterocycles. The summed E-state index contributed by atoms with van der Waals surface area (Å²) in [5.41, 5.74) is 2.20. The second-order valence-corrected chi connectivity index (χ2v) is 5.78. The zero-order valence-corrected chi connectivity index (χ0v) is 12.9. The molecule has 3 heteroatoms. The van der Waals surface area contributed by atoms with Crippen molar-refractivity contribution in [3.8, 4) is 0 Å². The molecule has 0 aliphatic rings. The molecule has 3 aromatic rings. The Morgan fingerprint density at radius 3 is 2.60 bits per heavy atom. The third-order valence-electron chi connectivity index (χ3n) is 3.28. The SMILES string of the molecule is Fc1ccc(NCc2cccc3ccccc23)c(I)c1. The van der Waals surface area contributed by atoms with E-state index < -0.39 is 0 Å². The topological polar surface area (TPSA) is 12.0 Å². The molecule has 0 unspecified atom stereocenters. The standard InChI is InChI=1S/C17H13FIN/c18-14-8-9-17(16(19)10-14)20-11-13-6-3-5-12-4-1-2-7-15(12)13/h1-10,20H,11H2. The van der Waals surface area contributed by atoms with Crippen LogP contribution >= 0.6 is 22.6 Å². The van der Waals surface area contributed by atoms with Crippen LogP contribution in [0.3, 0.4) is 0 Å². The maximum Gasteiger partial charge on any atom is 0.124 e. The van der Waals surface area contributed by atoms with E-state index in [-0.39, 0.29) is 5.82 Å². The van der Waals surface area contributed by atoms with Gasteiger partial charge in [0.2, 0.25) is 0 Å². The van der Waals surface area contributed by atoms with Gasteiger partial charge in [-0.3, -0.25) is 0 Å². The zero-order chi connectivity index (χ0) is 13.9. The van der Waals surface area contributed by atoms with Gasteiger partial charge < -0.3 is 5.32 Å². The number of rotatable bonds is 3. The lowest BCUT2D eigenvalue weighted by Gasteiger charge is -2.11. The highest BCUT2D eigenvalue weighted by atomic mass is 127. The molecule has 0 bridgehead atoms. The molecule has 1 N–H and O–H groups in total. The molecule has 1 nitrogen and oxygen atoms in total. The Bertz CT molecular complexity index is 750. The molecule has 0 spiro atoms. The first-order valence-corrected chi connectivity index (χ1v) is 7.47. The molecule has 0 aliphatic heterocycles. The molecule has 3 rings (SSSR count). The van der Waals surface area contributed by atoms with Crippen molar-refractivity contribution in [2.75, 3.05) is 5.32 Å². The molecule has 0 atom stereocenters. The summed E-state index contributed by atoms with van der Waals surface area (Å²) in [7, 11) is 0. The van der Waals surface area contributed by atoms with Crippen molar-refractivity contribution >= 4 is 39.1 Å². The summed E-state index contributed by atoms with van der Waals surface area (Å²) in [6.07, 6.45) is 0. The number of anilines is 1.